The SMILES string of the molecule is CCC(C)NC(=NCc1ccc([N+](=O)[O-])cc1)NC1CCOc2ccccc21.I. The van der Waals surface area contributed by atoms with E-state index >= 15 is 0 Å². The normalized spacial score (nSPS) is 16.6. The second-order valence-electron chi connectivity index (χ2n) is 6.91. The van der Waals surface area contributed by atoms with E-state index in [4.69, 9.17) is 9.73 Å². The number of halogens is 1. The van der Waals surface area contributed by atoms with E-state index in [0.29, 0.717) is 13.2 Å². The number of guanidine groups is 1. The second-order valence-corrected chi connectivity index (χ2v) is 6.91. The van der Waals surface area contributed by atoms with E-state index in [-0.39, 0.29) is 41.7 Å². The first kappa shape index (κ1) is 22.9. The zero-order valence-electron chi connectivity index (χ0n) is 16.6. The van der Waals surface area contributed by atoms with E-state index in [9.17, 15) is 10.1 Å². The number of nitro groups is 1. The monoisotopic (exact) mass is 510 g/mol. The smallest absolute Gasteiger partial charge is 0.269 e. The number of aliphatic imine (C=N–C) groups is 1. The van der Waals surface area contributed by atoms with Crippen LogP contribution in [0.3, 0.4) is 0 Å². The fourth-order valence-corrected chi connectivity index (χ4v) is 3.02. The molecule has 29 heavy (non-hydrogen) atoms. The number of benzene rings is 2. The van der Waals surface area contributed by atoms with Crippen molar-refractivity contribution < 1.29 is 9.66 Å². The van der Waals surface area contributed by atoms with Crippen LogP contribution < -0.4 is 15.4 Å². The quantitative estimate of drug-likeness (QED) is 0.196. The Labute approximate surface area is 188 Å². The molecule has 1 heterocycles. The largest absolute Gasteiger partial charge is 0.493 e. The molecule has 0 radical (unpaired) electrons. The lowest BCUT2D eigenvalue weighted by Gasteiger charge is -2.29. The molecule has 0 saturated carbocycles. The maximum atomic E-state index is 10.8. The van der Waals surface area contributed by atoms with Crippen LogP contribution in [0, 0.1) is 10.1 Å². The van der Waals surface area contributed by atoms with Gasteiger partial charge in [0.2, 0.25) is 0 Å². The molecule has 2 aromatic carbocycles. The number of non-ortho nitro benzene ring substituents is 1. The van der Waals surface area contributed by atoms with Crippen LogP contribution in [-0.2, 0) is 6.54 Å². The third-order valence-electron chi connectivity index (χ3n) is 4.83. The van der Waals surface area contributed by atoms with Gasteiger partial charge in [-0.15, -0.1) is 24.0 Å². The van der Waals surface area contributed by atoms with Gasteiger partial charge in [0, 0.05) is 30.2 Å². The lowest BCUT2D eigenvalue weighted by atomic mass is 10.0. The minimum Gasteiger partial charge on any atom is -0.493 e. The lowest BCUT2D eigenvalue weighted by Crippen LogP contribution is -2.44. The van der Waals surface area contributed by atoms with Crippen LogP contribution in [0.5, 0.6) is 5.75 Å². The molecular formula is C21H27IN4O3. The Bertz CT molecular complexity index is 842. The van der Waals surface area contributed by atoms with Crippen molar-refractivity contribution in [3.8, 4) is 5.75 Å². The molecule has 2 aromatic rings. The predicted octanol–water partition coefficient (Wildman–Crippen LogP) is 4.57. The van der Waals surface area contributed by atoms with Gasteiger partial charge in [0.1, 0.15) is 5.75 Å². The molecule has 156 valence electrons. The zero-order chi connectivity index (χ0) is 19.9. The summed E-state index contributed by atoms with van der Waals surface area (Å²) < 4.78 is 5.74. The third kappa shape index (κ3) is 6.31. The number of hydrogen-bond acceptors (Lipinski definition) is 4. The van der Waals surface area contributed by atoms with Gasteiger partial charge in [-0.3, -0.25) is 10.1 Å². The molecule has 1 aliphatic rings. The summed E-state index contributed by atoms with van der Waals surface area (Å²) in [4.78, 5) is 15.1. The number of hydrogen-bond donors (Lipinski definition) is 2. The number of rotatable bonds is 6. The Balaban J connectivity index is 0.00000300. The van der Waals surface area contributed by atoms with Crippen molar-refractivity contribution >= 4 is 35.6 Å². The summed E-state index contributed by atoms with van der Waals surface area (Å²) in [7, 11) is 0. The minimum atomic E-state index is -0.396. The molecule has 7 nitrogen and oxygen atoms in total. The van der Waals surface area contributed by atoms with Crippen molar-refractivity contribution in [2.24, 2.45) is 4.99 Å². The molecule has 2 unspecified atom stereocenters. The first-order valence-electron chi connectivity index (χ1n) is 9.59. The zero-order valence-corrected chi connectivity index (χ0v) is 19.0. The van der Waals surface area contributed by atoms with Gasteiger partial charge in [-0.2, -0.15) is 0 Å². The predicted molar refractivity (Wildman–Crippen MR) is 125 cm³/mol. The van der Waals surface area contributed by atoms with E-state index in [0.717, 1.165) is 35.7 Å². The Morgan fingerprint density at radius 1 is 1.28 bits per heavy atom. The molecule has 3 rings (SSSR count). The number of nitrogens with zero attached hydrogens (tertiary/aromatic N) is 2. The van der Waals surface area contributed by atoms with Crippen LogP contribution >= 0.6 is 24.0 Å². The molecule has 0 spiro atoms. The van der Waals surface area contributed by atoms with Crippen LogP contribution in [-0.4, -0.2) is 23.5 Å². The molecule has 2 atom stereocenters. The number of para-hydroxylation sites is 1. The number of nitrogens with one attached hydrogen (secondary N) is 2. The summed E-state index contributed by atoms with van der Waals surface area (Å²) in [5.74, 6) is 1.64. The first-order chi connectivity index (χ1) is 13.6. The first-order valence-corrected chi connectivity index (χ1v) is 9.59. The highest BCUT2D eigenvalue weighted by atomic mass is 127. The number of fused-ring (bicyclic) bond motifs is 1. The average Bonchev–Trinajstić information content (AvgIpc) is 2.72. The standard InChI is InChI=1S/C21H26N4O3.HI/c1-3-15(2)23-21(22-14-16-8-10-17(11-9-16)25(26)27)24-19-12-13-28-20-7-5-4-6-18(19)20;/h4-11,15,19H,3,12-14H2,1-2H3,(H2,22,23,24);1H. The molecule has 0 aromatic heterocycles. The van der Waals surface area contributed by atoms with Gasteiger partial charge in [-0.05, 0) is 25.0 Å². The fourth-order valence-electron chi connectivity index (χ4n) is 3.02. The highest BCUT2D eigenvalue weighted by Gasteiger charge is 2.22. The molecular weight excluding hydrogens is 483 g/mol. The van der Waals surface area contributed by atoms with Gasteiger partial charge in [0.15, 0.2) is 5.96 Å². The van der Waals surface area contributed by atoms with Gasteiger partial charge < -0.3 is 15.4 Å². The van der Waals surface area contributed by atoms with Gasteiger partial charge >= 0.3 is 0 Å². The maximum Gasteiger partial charge on any atom is 0.269 e. The highest BCUT2D eigenvalue weighted by Crippen LogP contribution is 2.31. The topological polar surface area (TPSA) is 88.8 Å². The maximum absolute atomic E-state index is 10.8. The summed E-state index contributed by atoms with van der Waals surface area (Å²) >= 11 is 0. The summed E-state index contributed by atoms with van der Waals surface area (Å²) in [6.45, 7) is 5.33. The van der Waals surface area contributed by atoms with Gasteiger partial charge in [-0.1, -0.05) is 37.3 Å². The number of nitro benzene ring substituents is 1. The summed E-state index contributed by atoms with van der Waals surface area (Å²) in [6.07, 6.45) is 1.83. The Morgan fingerprint density at radius 2 is 2.00 bits per heavy atom. The van der Waals surface area contributed by atoms with Gasteiger partial charge in [0.05, 0.1) is 24.1 Å². The highest BCUT2D eigenvalue weighted by molar-refractivity contribution is 14.0. The van der Waals surface area contributed by atoms with Crippen molar-refractivity contribution in [3.05, 3.63) is 69.8 Å². The van der Waals surface area contributed by atoms with Crippen molar-refractivity contribution in [1.29, 1.82) is 0 Å². The van der Waals surface area contributed by atoms with Crippen LogP contribution in [0.25, 0.3) is 0 Å². The van der Waals surface area contributed by atoms with Crippen molar-refractivity contribution in [2.45, 2.75) is 45.3 Å². The molecule has 0 saturated heterocycles. The van der Waals surface area contributed by atoms with Crippen molar-refractivity contribution in [3.63, 3.8) is 0 Å². The summed E-state index contributed by atoms with van der Waals surface area (Å²) in [5.41, 5.74) is 2.13. The van der Waals surface area contributed by atoms with E-state index < -0.39 is 4.92 Å². The van der Waals surface area contributed by atoms with Crippen LogP contribution in [0.15, 0.2) is 53.5 Å². The van der Waals surface area contributed by atoms with E-state index in [1.807, 2.05) is 18.2 Å². The minimum absolute atomic E-state index is 0. The molecule has 1 aliphatic heterocycles. The van der Waals surface area contributed by atoms with E-state index in [2.05, 4.69) is 30.5 Å². The molecule has 0 fully saturated rings. The molecule has 8 heteroatoms. The Morgan fingerprint density at radius 3 is 2.69 bits per heavy atom. The third-order valence-corrected chi connectivity index (χ3v) is 4.83. The van der Waals surface area contributed by atoms with Crippen LogP contribution in [0.4, 0.5) is 5.69 Å². The second kappa shape index (κ2) is 11.0. The molecule has 0 aliphatic carbocycles. The average molecular weight is 510 g/mol. The Kier molecular flexibility index (Phi) is 8.69. The fraction of sp³-hybridized carbons (Fsp3) is 0.381. The molecule has 0 amide bonds. The number of ether oxygens (including phenoxy) is 1. The Hall–Kier alpha value is -2.36. The summed E-state index contributed by atoms with van der Waals surface area (Å²) in [5, 5.41) is 17.8. The van der Waals surface area contributed by atoms with E-state index in [1.54, 1.807) is 12.1 Å². The van der Waals surface area contributed by atoms with Gasteiger partial charge in [-0.25, -0.2) is 4.99 Å². The van der Waals surface area contributed by atoms with Crippen LogP contribution in [0.2, 0.25) is 0 Å². The van der Waals surface area contributed by atoms with Crippen LogP contribution in [0.1, 0.15) is 43.9 Å². The molecule has 0 bridgehead atoms. The lowest BCUT2D eigenvalue weighted by molar-refractivity contribution is -0.384. The summed E-state index contributed by atoms with van der Waals surface area (Å²) in [6, 6.07) is 14.9. The van der Waals surface area contributed by atoms with Crippen molar-refractivity contribution in [2.75, 3.05) is 6.61 Å². The van der Waals surface area contributed by atoms with Crippen molar-refractivity contribution in [1.82, 2.24) is 10.6 Å². The van der Waals surface area contributed by atoms with Gasteiger partial charge in [0.25, 0.3) is 5.69 Å². The molecule has 2 N–H and O–H groups in total. The van der Waals surface area contributed by atoms with E-state index in [1.165, 1.54) is 12.1 Å².